The molecule has 2 aromatic heterocycles. The number of nitrogen functional groups attached to an aromatic ring is 1. The molecule has 0 radical (unpaired) electrons. The maximum Gasteiger partial charge on any atom is 0.319 e. The first-order valence-corrected chi connectivity index (χ1v) is 16.2. The summed E-state index contributed by atoms with van der Waals surface area (Å²) in [4.78, 5) is 18.7. The zero-order chi connectivity index (χ0) is 28.7. The lowest BCUT2D eigenvalue weighted by molar-refractivity contribution is 0.107. The summed E-state index contributed by atoms with van der Waals surface area (Å²) in [6.07, 6.45) is 6.98. The molecule has 4 aliphatic rings. The Kier molecular flexibility index (Phi) is 6.28. The van der Waals surface area contributed by atoms with Gasteiger partial charge in [-0.15, -0.1) is 0 Å². The first-order valence-electron chi connectivity index (χ1n) is 15.0. The van der Waals surface area contributed by atoms with E-state index in [2.05, 4.69) is 19.8 Å². The number of fused-ring (bicyclic) bond motifs is 5. The fraction of sp³-hybridized carbons (Fsp3) is 0.516. The van der Waals surface area contributed by atoms with E-state index in [1.165, 1.54) is 17.8 Å². The Hall–Kier alpha value is -2.82. The number of alkyl halides is 1. The van der Waals surface area contributed by atoms with E-state index >= 15 is 4.39 Å². The van der Waals surface area contributed by atoms with Gasteiger partial charge in [0.25, 0.3) is 0 Å². The number of halogens is 3. The second-order valence-corrected chi connectivity index (χ2v) is 14.0. The Bertz CT molecular complexity index is 1720. The minimum absolute atomic E-state index is 0.130. The van der Waals surface area contributed by atoms with Crippen molar-refractivity contribution in [2.24, 2.45) is 0 Å². The monoisotopic (exact) mass is 610 g/mol. The largest absolute Gasteiger partial charge is 0.461 e. The Morgan fingerprint density at radius 2 is 1.93 bits per heavy atom. The second-order valence-electron chi connectivity index (χ2n) is 12.5. The third-order valence-electron chi connectivity index (χ3n) is 10.0. The molecule has 8 rings (SSSR count). The number of rotatable bonds is 5. The van der Waals surface area contributed by atoms with Crippen LogP contribution in [0.1, 0.15) is 56.9 Å². The predicted octanol–water partition coefficient (Wildman–Crippen LogP) is 7.07. The molecule has 7 nitrogen and oxygen atoms in total. The number of anilines is 2. The van der Waals surface area contributed by atoms with Crippen molar-refractivity contribution in [3.05, 3.63) is 34.6 Å². The normalized spacial score (nSPS) is 27.4. The maximum absolute atomic E-state index is 16.8. The van der Waals surface area contributed by atoms with Crippen LogP contribution < -0.4 is 15.4 Å². The first-order chi connectivity index (χ1) is 20.3. The molecule has 4 aromatic rings. The summed E-state index contributed by atoms with van der Waals surface area (Å²) in [5.41, 5.74) is 8.35. The number of piperidine rings is 1. The van der Waals surface area contributed by atoms with E-state index in [4.69, 9.17) is 27.1 Å². The Labute approximate surface area is 252 Å². The Morgan fingerprint density at radius 3 is 2.74 bits per heavy atom. The number of benzene rings is 2. The van der Waals surface area contributed by atoms with Crippen LogP contribution in [0, 0.1) is 12.7 Å². The third kappa shape index (κ3) is 4.08. The van der Waals surface area contributed by atoms with Crippen LogP contribution in [0.5, 0.6) is 6.01 Å². The average Bonchev–Trinajstić information content (AvgIpc) is 3.68. The van der Waals surface area contributed by atoms with Gasteiger partial charge in [0.15, 0.2) is 10.9 Å². The molecule has 0 saturated carbocycles. The van der Waals surface area contributed by atoms with Crippen molar-refractivity contribution < 1.29 is 13.5 Å². The van der Waals surface area contributed by atoms with Gasteiger partial charge in [0, 0.05) is 41.6 Å². The van der Waals surface area contributed by atoms with Crippen LogP contribution in [0.15, 0.2) is 18.2 Å². The molecule has 0 aliphatic carbocycles. The molecule has 0 amide bonds. The average molecular weight is 611 g/mol. The first kappa shape index (κ1) is 26.8. The minimum atomic E-state index is -0.862. The summed E-state index contributed by atoms with van der Waals surface area (Å²) in [7, 11) is 0. The summed E-state index contributed by atoms with van der Waals surface area (Å²) >= 11 is 8.29. The van der Waals surface area contributed by atoms with Crippen LogP contribution in [0.2, 0.25) is 5.02 Å². The van der Waals surface area contributed by atoms with E-state index in [1.807, 2.05) is 19.1 Å². The van der Waals surface area contributed by atoms with E-state index in [0.29, 0.717) is 52.5 Å². The topological polar surface area (TPSA) is 80.4 Å². The van der Waals surface area contributed by atoms with Crippen LogP contribution in [0.4, 0.5) is 19.7 Å². The van der Waals surface area contributed by atoms with Gasteiger partial charge in [0.2, 0.25) is 0 Å². The summed E-state index contributed by atoms with van der Waals surface area (Å²) in [5, 5.41) is 1.28. The quantitative estimate of drug-likeness (QED) is 0.259. The molecule has 4 aliphatic heterocycles. The van der Waals surface area contributed by atoms with Crippen molar-refractivity contribution in [1.29, 1.82) is 0 Å². The molecule has 6 heterocycles. The number of hydrogen-bond acceptors (Lipinski definition) is 8. The fourth-order valence-electron chi connectivity index (χ4n) is 8.13. The van der Waals surface area contributed by atoms with Gasteiger partial charge in [-0.3, -0.25) is 4.90 Å². The molecule has 4 atom stereocenters. The summed E-state index contributed by atoms with van der Waals surface area (Å²) in [6.45, 7) is 3.57. The van der Waals surface area contributed by atoms with Crippen LogP contribution in [-0.4, -0.2) is 63.3 Å². The van der Waals surface area contributed by atoms with Crippen molar-refractivity contribution in [3.8, 4) is 17.1 Å². The van der Waals surface area contributed by atoms with Gasteiger partial charge >= 0.3 is 6.01 Å². The third-order valence-corrected chi connectivity index (χ3v) is 11.4. The predicted molar refractivity (Wildman–Crippen MR) is 164 cm³/mol. The van der Waals surface area contributed by atoms with Gasteiger partial charge in [0.05, 0.1) is 20.8 Å². The van der Waals surface area contributed by atoms with E-state index in [9.17, 15) is 4.39 Å². The molecule has 4 saturated heterocycles. The molecule has 2 N–H and O–H groups in total. The van der Waals surface area contributed by atoms with Crippen LogP contribution in [0.3, 0.4) is 0 Å². The molecule has 11 heteroatoms. The highest BCUT2D eigenvalue weighted by Gasteiger charge is 2.49. The van der Waals surface area contributed by atoms with E-state index in [0.717, 1.165) is 55.3 Å². The van der Waals surface area contributed by atoms with Crippen molar-refractivity contribution in [3.63, 3.8) is 0 Å². The summed E-state index contributed by atoms with van der Waals surface area (Å²) < 4.78 is 38.5. The summed E-state index contributed by atoms with van der Waals surface area (Å²) in [6, 6.07) is 6.40. The molecule has 0 unspecified atom stereocenters. The van der Waals surface area contributed by atoms with Crippen molar-refractivity contribution in [2.45, 2.75) is 82.1 Å². The maximum atomic E-state index is 16.8. The molecular weight excluding hydrogens is 578 g/mol. The second kappa shape index (κ2) is 9.86. The van der Waals surface area contributed by atoms with E-state index in [-0.39, 0.29) is 34.3 Å². The molecular formula is C31H33ClF2N6OS. The number of aromatic nitrogens is 3. The lowest BCUT2D eigenvalue weighted by Crippen LogP contribution is -2.43. The van der Waals surface area contributed by atoms with Gasteiger partial charge in [-0.2, -0.15) is 9.97 Å². The lowest BCUT2D eigenvalue weighted by Gasteiger charge is -2.36. The van der Waals surface area contributed by atoms with Crippen LogP contribution in [0.25, 0.3) is 32.2 Å². The zero-order valence-electron chi connectivity index (χ0n) is 23.5. The van der Waals surface area contributed by atoms with Crippen molar-refractivity contribution in [2.75, 3.05) is 30.3 Å². The molecule has 0 spiro atoms. The fourth-order valence-corrected chi connectivity index (χ4v) is 9.25. The molecule has 2 aromatic carbocycles. The highest BCUT2D eigenvalue weighted by Crippen LogP contribution is 2.46. The highest BCUT2D eigenvalue weighted by atomic mass is 35.5. The minimum Gasteiger partial charge on any atom is -0.461 e. The molecule has 4 fully saturated rings. The lowest BCUT2D eigenvalue weighted by atomic mass is 9.95. The van der Waals surface area contributed by atoms with Gasteiger partial charge in [-0.25, -0.2) is 13.8 Å². The number of nitrogens with zero attached hydrogens (tertiary/aromatic N) is 5. The van der Waals surface area contributed by atoms with E-state index in [1.54, 1.807) is 6.07 Å². The number of thiazole rings is 1. The number of hydrogen-bond donors (Lipinski definition) is 1. The van der Waals surface area contributed by atoms with E-state index < -0.39 is 12.0 Å². The smallest absolute Gasteiger partial charge is 0.319 e. The summed E-state index contributed by atoms with van der Waals surface area (Å²) in [5.74, 6) is 0.148. The van der Waals surface area contributed by atoms with Crippen molar-refractivity contribution >= 4 is 55.0 Å². The standard InChI is InChI=1S/C31H33ClF2N6OS/c1-16-6-9-20(26-27(16)42-29(35)36-26)23-22(32)12-21-25(24(23)34)37-30(38-28(21)40-18-4-2-5-19(40)8-7-18)41-15-31-10-3-11-39(31)14-17(33)13-31/h6,9,12,17-19H,2-5,7-8,10-11,13-15H2,1H3,(H2,35,36)/t17-,18-,19+,31+/m1/s1. The zero-order valence-corrected chi connectivity index (χ0v) is 25.1. The Morgan fingerprint density at radius 1 is 1.12 bits per heavy atom. The molecule has 220 valence electrons. The van der Waals surface area contributed by atoms with Crippen LogP contribution >= 0.6 is 22.9 Å². The van der Waals surface area contributed by atoms with Gasteiger partial charge < -0.3 is 15.4 Å². The molecule has 42 heavy (non-hydrogen) atoms. The van der Waals surface area contributed by atoms with Crippen molar-refractivity contribution in [1.82, 2.24) is 19.9 Å². The number of ether oxygens (including phenoxy) is 1. The van der Waals surface area contributed by atoms with Gasteiger partial charge in [-0.1, -0.05) is 35.1 Å². The van der Waals surface area contributed by atoms with Crippen LogP contribution in [-0.2, 0) is 0 Å². The van der Waals surface area contributed by atoms with Gasteiger partial charge in [-0.05, 0) is 70.0 Å². The molecule has 2 bridgehead atoms. The highest BCUT2D eigenvalue weighted by molar-refractivity contribution is 7.22. The Balaban J connectivity index is 1.29. The SMILES string of the molecule is Cc1ccc(-c2c(Cl)cc3c(N4[C@@H]5CCC[C@H]4CC5)nc(OC[C@@]45CCCN4C[C@H](F)C5)nc3c2F)c2nc(N)sc12. The number of nitrogens with two attached hydrogens (primary N) is 1. The van der Waals surface area contributed by atoms with Gasteiger partial charge in [0.1, 0.15) is 24.1 Å². The number of aryl methyl sites for hydroxylation is 1.